The molecule has 1 N–H and O–H groups in total. The Morgan fingerprint density at radius 2 is 1.80 bits per heavy atom. The van der Waals surface area contributed by atoms with Crippen LogP contribution in [-0.4, -0.2) is 48.1 Å². The lowest BCUT2D eigenvalue weighted by molar-refractivity contribution is -0.184. The van der Waals surface area contributed by atoms with E-state index in [-0.39, 0.29) is 5.79 Å². The van der Waals surface area contributed by atoms with E-state index in [1.165, 1.54) is 5.56 Å². The number of hydrogen-bond donors (Lipinski definition) is 1. The molecule has 2 heterocycles. The molecule has 2 aromatic carbocycles. The standard InChI is InChI=1S/C25H31NO4/c27-24-17-26(21-8-11-25(12-9-21)29-14-15-30-25)13-10-20-16-22(6-7-23(20)24)28-18-19-4-2-1-3-5-19/h1-7,16,21,24,27H,8-15,17-18H2. The molecule has 2 aliphatic heterocycles. The van der Waals surface area contributed by atoms with Crippen LogP contribution in [0.5, 0.6) is 5.75 Å². The van der Waals surface area contributed by atoms with Gasteiger partial charge in [0.25, 0.3) is 0 Å². The third-order valence-corrected chi connectivity index (χ3v) is 6.84. The molecule has 0 amide bonds. The monoisotopic (exact) mass is 409 g/mol. The number of nitrogens with zero attached hydrogens (tertiary/aromatic N) is 1. The van der Waals surface area contributed by atoms with Gasteiger partial charge >= 0.3 is 0 Å². The first-order valence-electron chi connectivity index (χ1n) is 11.2. The highest BCUT2D eigenvalue weighted by Gasteiger charge is 2.42. The summed E-state index contributed by atoms with van der Waals surface area (Å²) >= 11 is 0. The van der Waals surface area contributed by atoms with E-state index in [2.05, 4.69) is 23.1 Å². The first kappa shape index (κ1) is 20.0. The number of rotatable bonds is 4. The average Bonchev–Trinajstić information content (AvgIpc) is 3.17. The van der Waals surface area contributed by atoms with Gasteiger partial charge in [0, 0.05) is 32.0 Å². The van der Waals surface area contributed by atoms with Crippen LogP contribution in [0, 0.1) is 0 Å². The average molecular weight is 410 g/mol. The summed E-state index contributed by atoms with van der Waals surface area (Å²) in [6.45, 7) is 3.65. The molecule has 2 fully saturated rings. The highest BCUT2D eigenvalue weighted by molar-refractivity contribution is 5.38. The predicted molar refractivity (Wildman–Crippen MR) is 114 cm³/mol. The summed E-state index contributed by atoms with van der Waals surface area (Å²) in [5, 5.41) is 10.9. The second-order valence-electron chi connectivity index (χ2n) is 8.73. The van der Waals surface area contributed by atoms with E-state index in [0.717, 1.165) is 68.7 Å². The molecule has 0 radical (unpaired) electrons. The number of hydrogen-bond acceptors (Lipinski definition) is 5. The summed E-state index contributed by atoms with van der Waals surface area (Å²) in [6, 6.07) is 16.8. The molecule has 1 saturated heterocycles. The Balaban J connectivity index is 1.22. The van der Waals surface area contributed by atoms with Gasteiger partial charge in [-0.05, 0) is 48.1 Å². The molecule has 30 heavy (non-hydrogen) atoms. The van der Waals surface area contributed by atoms with Gasteiger partial charge in [-0.25, -0.2) is 0 Å². The largest absolute Gasteiger partial charge is 0.489 e. The summed E-state index contributed by atoms with van der Waals surface area (Å²) in [6.07, 6.45) is 4.51. The van der Waals surface area contributed by atoms with Gasteiger partial charge in [-0.15, -0.1) is 0 Å². The van der Waals surface area contributed by atoms with Gasteiger partial charge in [0.1, 0.15) is 12.4 Å². The number of aliphatic hydroxyl groups is 1. The van der Waals surface area contributed by atoms with Crippen LogP contribution in [0.2, 0.25) is 0 Å². The van der Waals surface area contributed by atoms with Gasteiger partial charge in [-0.1, -0.05) is 36.4 Å². The van der Waals surface area contributed by atoms with Crippen molar-refractivity contribution in [3.63, 3.8) is 0 Å². The van der Waals surface area contributed by atoms with Gasteiger partial charge < -0.3 is 19.3 Å². The van der Waals surface area contributed by atoms with E-state index in [9.17, 15) is 5.11 Å². The van der Waals surface area contributed by atoms with Gasteiger partial charge in [0.05, 0.1) is 19.3 Å². The SMILES string of the molecule is OC1CN(C2CCC3(CC2)OCCO3)CCc2cc(OCc3ccccc3)ccc21. The predicted octanol–water partition coefficient (Wildman–Crippen LogP) is 3.84. The molecular weight excluding hydrogens is 378 g/mol. The summed E-state index contributed by atoms with van der Waals surface area (Å²) < 4.78 is 17.8. The molecule has 1 atom stereocenters. The molecule has 5 nitrogen and oxygen atoms in total. The van der Waals surface area contributed by atoms with E-state index >= 15 is 0 Å². The van der Waals surface area contributed by atoms with E-state index in [1.807, 2.05) is 30.3 Å². The minimum Gasteiger partial charge on any atom is -0.489 e. The van der Waals surface area contributed by atoms with Crippen LogP contribution in [0.3, 0.4) is 0 Å². The van der Waals surface area contributed by atoms with Gasteiger partial charge in [-0.3, -0.25) is 4.90 Å². The summed E-state index contributed by atoms with van der Waals surface area (Å²) in [5.41, 5.74) is 3.40. The molecule has 3 aliphatic rings. The molecule has 5 heteroatoms. The van der Waals surface area contributed by atoms with Crippen molar-refractivity contribution in [2.75, 3.05) is 26.3 Å². The first-order chi connectivity index (χ1) is 14.7. The first-order valence-corrected chi connectivity index (χ1v) is 11.2. The lowest BCUT2D eigenvalue weighted by Gasteiger charge is -2.40. The van der Waals surface area contributed by atoms with E-state index in [1.54, 1.807) is 0 Å². The molecule has 1 unspecified atom stereocenters. The highest BCUT2D eigenvalue weighted by Crippen LogP contribution is 2.38. The van der Waals surface area contributed by atoms with Crippen molar-refractivity contribution in [1.29, 1.82) is 0 Å². The van der Waals surface area contributed by atoms with Crippen LogP contribution in [0.1, 0.15) is 48.5 Å². The van der Waals surface area contributed by atoms with Gasteiger partial charge in [0.15, 0.2) is 5.79 Å². The zero-order chi connectivity index (χ0) is 20.4. The maximum absolute atomic E-state index is 10.9. The number of ether oxygens (including phenoxy) is 3. The number of fused-ring (bicyclic) bond motifs is 1. The fraction of sp³-hybridized carbons (Fsp3) is 0.520. The van der Waals surface area contributed by atoms with Crippen LogP contribution in [0.25, 0.3) is 0 Å². The van der Waals surface area contributed by atoms with Crippen molar-refractivity contribution in [1.82, 2.24) is 4.90 Å². The van der Waals surface area contributed by atoms with Crippen molar-refractivity contribution >= 4 is 0 Å². The van der Waals surface area contributed by atoms with Crippen LogP contribution < -0.4 is 4.74 Å². The Kier molecular flexibility index (Phi) is 5.79. The Morgan fingerprint density at radius 1 is 1.03 bits per heavy atom. The van der Waals surface area contributed by atoms with Crippen LogP contribution in [0.15, 0.2) is 48.5 Å². The lowest BCUT2D eigenvalue weighted by Crippen LogP contribution is -2.45. The minimum absolute atomic E-state index is 0.324. The summed E-state index contributed by atoms with van der Waals surface area (Å²) in [5.74, 6) is 0.544. The van der Waals surface area contributed by atoms with Crippen molar-refractivity contribution in [2.45, 2.75) is 56.6 Å². The molecule has 1 saturated carbocycles. The Labute approximate surface area is 178 Å². The minimum atomic E-state index is -0.458. The molecule has 2 aromatic rings. The normalized spacial score (nSPS) is 24.5. The smallest absolute Gasteiger partial charge is 0.168 e. The van der Waals surface area contributed by atoms with E-state index < -0.39 is 6.10 Å². The quantitative estimate of drug-likeness (QED) is 0.832. The van der Waals surface area contributed by atoms with Gasteiger partial charge in [-0.2, -0.15) is 0 Å². The summed E-state index contributed by atoms with van der Waals surface area (Å²) in [7, 11) is 0. The van der Waals surface area contributed by atoms with Crippen molar-refractivity contribution in [3.05, 3.63) is 65.2 Å². The Hall–Kier alpha value is -1.92. The Morgan fingerprint density at radius 3 is 2.57 bits per heavy atom. The highest BCUT2D eigenvalue weighted by atomic mass is 16.7. The lowest BCUT2D eigenvalue weighted by atomic mass is 9.89. The van der Waals surface area contributed by atoms with Crippen molar-refractivity contribution in [2.24, 2.45) is 0 Å². The van der Waals surface area contributed by atoms with Crippen molar-refractivity contribution in [3.8, 4) is 5.75 Å². The zero-order valence-corrected chi connectivity index (χ0v) is 17.5. The molecule has 0 bridgehead atoms. The fourth-order valence-electron chi connectivity index (χ4n) is 5.16. The Bertz CT molecular complexity index is 839. The molecule has 160 valence electrons. The molecular formula is C25H31NO4. The maximum Gasteiger partial charge on any atom is 0.168 e. The van der Waals surface area contributed by atoms with Crippen LogP contribution in [0.4, 0.5) is 0 Å². The van der Waals surface area contributed by atoms with Gasteiger partial charge in [0.2, 0.25) is 0 Å². The van der Waals surface area contributed by atoms with E-state index in [4.69, 9.17) is 14.2 Å². The molecule has 1 aliphatic carbocycles. The zero-order valence-electron chi connectivity index (χ0n) is 17.5. The second-order valence-corrected chi connectivity index (χ2v) is 8.73. The topological polar surface area (TPSA) is 51.2 Å². The van der Waals surface area contributed by atoms with E-state index in [0.29, 0.717) is 19.2 Å². The fourth-order valence-corrected chi connectivity index (χ4v) is 5.16. The second kappa shape index (κ2) is 8.67. The third-order valence-electron chi connectivity index (χ3n) is 6.84. The van der Waals surface area contributed by atoms with Crippen LogP contribution in [-0.2, 0) is 22.5 Å². The van der Waals surface area contributed by atoms with Crippen molar-refractivity contribution < 1.29 is 19.3 Å². The number of β-amino-alcohol motifs (C(OH)–C–C–N with tert-alkyl or cyclic N) is 1. The number of benzene rings is 2. The molecule has 5 rings (SSSR count). The summed E-state index contributed by atoms with van der Waals surface area (Å²) in [4.78, 5) is 2.47. The maximum atomic E-state index is 10.9. The molecule has 0 aromatic heterocycles. The molecule has 1 spiro atoms. The van der Waals surface area contributed by atoms with Crippen LogP contribution >= 0.6 is 0 Å². The third kappa shape index (κ3) is 4.26. The number of aliphatic hydroxyl groups excluding tert-OH is 1.